The molecule has 0 radical (unpaired) electrons. The third-order valence-corrected chi connectivity index (χ3v) is 4.42. The zero-order valence-electron chi connectivity index (χ0n) is 12.3. The number of anilines is 1. The number of urea groups is 1. The Balaban J connectivity index is 1.94. The van der Waals surface area contributed by atoms with Crippen molar-refractivity contribution in [1.29, 1.82) is 0 Å². The molecule has 1 unspecified atom stereocenters. The first kappa shape index (κ1) is 15.7. The zero-order valence-corrected chi connectivity index (χ0v) is 13.1. The fourth-order valence-corrected chi connectivity index (χ4v) is 2.89. The summed E-state index contributed by atoms with van der Waals surface area (Å²) in [7, 11) is 0. The Hall–Kier alpha value is -1.69. The molecule has 0 aliphatic carbocycles. The number of benzene rings is 1. The number of nitrogens with one attached hydrogen (secondary N) is 1. The summed E-state index contributed by atoms with van der Waals surface area (Å²) in [4.78, 5) is 24.9. The molecule has 6 heteroatoms. The zero-order chi connectivity index (χ0) is 15.5. The van der Waals surface area contributed by atoms with E-state index in [1.165, 1.54) is 5.56 Å². The van der Waals surface area contributed by atoms with Gasteiger partial charge in [0.15, 0.2) is 0 Å². The van der Waals surface area contributed by atoms with Gasteiger partial charge in [-0.05, 0) is 37.3 Å². The van der Waals surface area contributed by atoms with Crippen molar-refractivity contribution >= 4 is 29.4 Å². The standard InChI is InChI=1S/C15H20N2O3S/c1-15(13(18)19)7-8-17(10-15)14(20)16-12-5-3-11(4-6-12)9-21-2/h3-6H,7-10H2,1-2H3,(H,16,20)(H,18,19). The van der Waals surface area contributed by atoms with Gasteiger partial charge in [-0.2, -0.15) is 11.8 Å². The van der Waals surface area contributed by atoms with Crippen LogP contribution in [0.5, 0.6) is 0 Å². The van der Waals surface area contributed by atoms with Gasteiger partial charge >= 0.3 is 12.0 Å². The van der Waals surface area contributed by atoms with Gasteiger partial charge in [-0.15, -0.1) is 0 Å². The Morgan fingerprint density at radius 1 is 1.38 bits per heavy atom. The van der Waals surface area contributed by atoms with E-state index in [4.69, 9.17) is 0 Å². The minimum Gasteiger partial charge on any atom is -0.481 e. The highest BCUT2D eigenvalue weighted by Crippen LogP contribution is 2.30. The molecule has 1 aromatic rings. The predicted molar refractivity (Wildman–Crippen MR) is 84.6 cm³/mol. The van der Waals surface area contributed by atoms with Crippen LogP contribution in [0.4, 0.5) is 10.5 Å². The van der Waals surface area contributed by atoms with Crippen molar-refractivity contribution in [2.24, 2.45) is 5.41 Å². The smallest absolute Gasteiger partial charge is 0.321 e. The molecule has 1 fully saturated rings. The lowest BCUT2D eigenvalue weighted by atomic mass is 9.90. The average Bonchev–Trinajstić information content (AvgIpc) is 2.85. The summed E-state index contributed by atoms with van der Waals surface area (Å²) in [6, 6.07) is 7.47. The van der Waals surface area contributed by atoms with Crippen molar-refractivity contribution < 1.29 is 14.7 Å². The molecular formula is C15H20N2O3S. The molecule has 1 aliphatic heterocycles. The van der Waals surface area contributed by atoms with Gasteiger partial charge in [0.05, 0.1) is 5.41 Å². The molecular weight excluding hydrogens is 288 g/mol. The Bertz CT molecular complexity index is 532. The quantitative estimate of drug-likeness (QED) is 0.897. The second-order valence-corrected chi connectivity index (χ2v) is 6.46. The molecule has 21 heavy (non-hydrogen) atoms. The molecule has 0 bridgehead atoms. The number of carboxylic acid groups (broad SMARTS) is 1. The van der Waals surface area contributed by atoms with Crippen LogP contribution in [0.2, 0.25) is 0 Å². The second-order valence-electron chi connectivity index (χ2n) is 5.60. The lowest BCUT2D eigenvalue weighted by molar-refractivity contribution is -0.146. The Kier molecular flexibility index (Phi) is 4.77. The molecule has 1 heterocycles. The predicted octanol–water partition coefficient (Wildman–Crippen LogP) is 2.88. The third-order valence-electron chi connectivity index (χ3n) is 3.79. The minimum absolute atomic E-state index is 0.238. The Morgan fingerprint density at radius 3 is 2.57 bits per heavy atom. The van der Waals surface area contributed by atoms with Crippen molar-refractivity contribution in [2.75, 3.05) is 24.7 Å². The number of thioether (sulfide) groups is 1. The number of amides is 2. The lowest BCUT2D eigenvalue weighted by Gasteiger charge is -2.20. The number of carboxylic acids is 1. The molecule has 0 saturated carbocycles. The van der Waals surface area contributed by atoms with E-state index >= 15 is 0 Å². The molecule has 1 saturated heterocycles. The van der Waals surface area contributed by atoms with E-state index < -0.39 is 11.4 Å². The van der Waals surface area contributed by atoms with E-state index in [9.17, 15) is 14.7 Å². The summed E-state index contributed by atoms with van der Waals surface area (Å²) in [6.07, 6.45) is 2.53. The molecule has 0 aromatic heterocycles. The highest BCUT2D eigenvalue weighted by atomic mass is 32.2. The van der Waals surface area contributed by atoms with Gasteiger partial charge in [-0.1, -0.05) is 12.1 Å². The van der Waals surface area contributed by atoms with E-state index in [1.807, 2.05) is 30.5 Å². The molecule has 1 aromatic carbocycles. The summed E-state index contributed by atoms with van der Waals surface area (Å²) in [5.74, 6) is 0.0938. The Labute approximate surface area is 128 Å². The first-order valence-electron chi connectivity index (χ1n) is 6.82. The van der Waals surface area contributed by atoms with Gasteiger partial charge in [-0.3, -0.25) is 4.79 Å². The normalized spacial score (nSPS) is 21.3. The minimum atomic E-state index is -0.848. The number of nitrogens with zero attached hydrogens (tertiary/aromatic N) is 1. The van der Waals surface area contributed by atoms with Crippen LogP contribution in [-0.2, 0) is 10.5 Å². The summed E-state index contributed by atoms with van der Waals surface area (Å²) in [5, 5.41) is 12.0. The van der Waals surface area contributed by atoms with E-state index in [2.05, 4.69) is 5.32 Å². The van der Waals surface area contributed by atoms with Crippen molar-refractivity contribution in [3.05, 3.63) is 29.8 Å². The topological polar surface area (TPSA) is 69.6 Å². The van der Waals surface area contributed by atoms with E-state index in [-0.39, 0.29) is 12.6 Å². The number of hydrogen-bond acceptors (Lipinski definition) is 3. The maximum atomic E-state index is 12.2. The number of hydrogen-bond donors (Lipinski definition) is 2. The van der Waals surface area contributed by atoms with Crippen molar-refractivity contribution in [3.8, 4) is 0 Å². The van der Waals surface area contributed by atoms with E-state index in [0.29, 0.717) is 13.0 Å². The maximum Gasteiger partial charge on any atom is 0.321 e. The summed E-state index contributed by atoms with van der Waals surface area (Å²) < 4.78 is 0. The summed E-state index contributed by atoms with van der Waals surface area (Å²) in [5.41, 5.74) is 1.11. The van der Waals surface area contributed by atoms with Crippen LogP contribution >= 0.6 is 11.8 Å². The van der Waals surface area contributed by atoms with Crippen LogP contribution in [0.25, 0.3) is 0 Å². The van der Waals surface area contributed by atoms with Crippen LogP contribution in [-0.4, -0.2) is 41.4 Å². The number of rotatable bonds is 4. The second kappa shape index (κ2) is 6.39. The summed E-state index contributed by atoms with van der Waals surface area (Å²) >= 11 is 1.75. The first-order chi connectivity index (χ1) is 9.94. The van der Waals surface area contributed by atoms with Crippen LogP contribution in [0, 0.1) is 5.41 Å². The van der Waals surface area contributed by atoms with Gasteiger partial charge < -0.3 is 15.3 Å². The van der Waals surface area contributed by atoms with Gasteiger partial charge in [0, 0.05) is 24.5 Å². The number of likely N-dealkylation sites (tertiary alicyclic amines) is 1. The van der Waals surface area contributed by atoms with Crippen molar-refractivity contribution in [3.63, 3.8) is 0 Å². The lowest BCUT2D eigenvalue weighted by Crippen LogP contribution is -2.37. The van der Waals surface area contributed by atoms with Gasteiger partial charge in [0.25, 0.3) is 0 Å². The molecule has 2 rings (SSSR count). The largest absolute Gasteiger partial charge is 0.481 e. The maximum absolute atomic E-state index is 12.2. The highest BCUT2D eigenvalue weighted by molar-refractivity contribution is 7.97. The van der Waals surface area contributed by atoms with Crippen molar-refractivity contribution in [2.45, 2.75) is 19.1 Å². The number of carbonyl (C=O) groups is 2. The monoisotopic (exact) mass is 308 g/mol. The van der Waals surface area contributed by atoms with Crippen molar-refractivity contribution in [1.82, 2.24) is 4.90 Å². The summed E-state index contributed by atoms with van der Waals surface area (Å²) in [6.45, 7) is 2.40. The molecule has 2 amide bonds. The van der Waals surface area contributed by atoms with E-state index in [1.54, 1.807) is 23.6 Å². The SMILES string of the molecule is CSCc1ccc(NC(=O)N2CCC(C)(C(=O)O)C2)cc1. The van der Waals surface area contributed by atoms with Crippen LogP contribution < -0.4 is 5.32 Å². The molecule has 5 nitrogen and oxygen atoms in total. The Morgan fingerprint density at radius 2 is 2.05 bits per heavy atom. The highest BCUT2D eigenvalue weighted by Gasteiger charge is 2.42. The molecule has 0 spiro atoms. The average molecular weight is 308 g/mol. The molecule has 114 valence electrons. The van der Waals surface area contributed by atoms with Crippen LogP contribution in [0.15, 0.2) is 24.3 Å². The third kappa shape index (κ3) is 3.69. The van der Waals surface area contributed by atoms with Gasteiger partial charge in [-0.25, -0.2) is 4.79 Å². The van der Waals surface area contributed by atoms with Crippen LogP contribution in [0.3, 0.4) is 0 Å². The number of carbonyl (C=O) groups excluding carboxylic acids is 1. The fourth-order valence-electron chi connectivity index (χ4n) is 2.36. The molecule has 2 N–H and O–H groups in total. The first-order valence-corrected chi connectivity index (χ1v) is 8.21. The molecule has 1 atom stereocenters. The number of aliphatic carboxylic acids is 1. The fraction of sp³-hybridized carbons (Fsp3) is 0.467. The van der Waals surface area contributed by atoms with Gasteiger partial charge in [0.1, 0.15) is 0 Å². The molecule has 1 aliphatic rings. The van der Waals surface area contributed by atoms with Crippen LogP contribution in [0.1, 0.15) is 18.9 Å². The van der Waals surface area contributed by atoms with Gasteiger partial charge in [0.2, 0.25) is 0 Å². The van der Waals surface area contributed by atoms with E-state index in [0.717, 1.165) is 11.4 Å².